The van der Waals surface area contributed by atoms with Crippen molar-refractivity contribution in [2.24, 2.45) is 0 Å². The maximum atomic E-state index is 12.6. The minimum absolute atomic E-state index is 0.166. The molecule has 0 N–H and O–H groups in total. The van der Waals surface area contributed by atoms with Crippen LogP contribution in [0.5, 0.6) is 5.75 Å². The number of rotatable bonds is 4. The van der Waals surface area contributed by atoms with Gasteiger partial charge < -0.3 is 4.74 Å². The number of hydrogen-bond acceptors (Lipinski definition) is 1. The van der Waals surface area contributed by atoms with Crippen molar-refractivity contribution in [2.45, 2.75) is 38.8 Å². The number of para-hydroxylation sites is 1. The van der Waals surface area contributed by atoms with E-state index in [-0.39, 0.29) is 5.75 Å². The Labute approximate surface area is 136 Å². The van der Waals surface area contributed by atoms with Crippen LogP contribution >= 0.6 is 0 Å². The van der Waals surface area contributed by atoms with Crippen LogP contribution in [0.3, 0.4) is 0 Å². The maximum Gasteiger partial charge on any atom is 0.573 e. The molecule has 1 nitrogen and oxygen atoms in total. The Balaban J connectivity index is 2.48. The Morgan fingerprint density at radius 2 is 1.61 bits per heavy atom. The van der Waals surface area contributed by atoms with Crippen molar-refractivity contribution < 1.29 is 17.9 Å². The van der Waals surface area contributed by atoms with Crippen LogP contribution in [-0.2, 0) is 0 Å². The Morgan fingerprint density at radius 3 is 2.22 bits per heavy atom. The number of benzene rings is 2. The average Bonchev–Trinajstić information content (AvgIpc) is 2.46. The molecule has 0 aromatic heterocycles. The third-order valence-corrected chi connectivity index (χ3v) is 9.16. The molecule has 0 aliphatic carbocycles. The second-order valence-corrected chi connectivity index (χ2v) is 11.7. The van der Waals surface area contributed by atoms with Crippen LogP contribution in [0.15, 0.2) is 48.5 Å². The van der Waals surface area contributed by atoms with Crippen LogP contribution in [0.25, 0.3) is 11.1 Å². The van der Waals surface area contributed by atoms with E-state index < -0.39 is 14.4 Å². The number of alkyl halides is 3. The van der Waals surface area contributed by atoms with E-state index in [0.29, 0.717) is 11.1 Å². The molecule has 0 radical (unpaired) electrons. The minimum atomic E-state index is -4.69. The molecule has 0 aliphatic rings. The van der Waals surface area contributed by atoms with Gasteiger partial charge in [0.25, 0.3) is 0 Å². The standard InChI is InChI=1S/C18H21F3OSi/c1-13(2)23(3,4)15-9-7-8-14(12-15)16-10-5-6-11-17(16)22-18(19,20)21/h5-13H,1-4H3. The van der Waals surface area contributed by atoms with E-state index in [1.807, 2.05) is 18.2 Å². The summed E-state index contributed by atoms with van der Waals surface area (Å²) in [4.78, 5) is 0. The third-order valence-electron chi connectivity index (χ3n) is 4.47. The maximum absolute atomic E-state index is 12.6. The molecule has 2 rings (SSSR count). The molecule has 0 aliphatic heterocycles. The van der Waals surface area contributed by atoms with E-state index in [1.54, 1.807) is 18.2 Å². The average molecular weight is 338 g/mol. The zero-order valence-electron chi connectivity index (χ0n) is 13.7. The van der Waals surface area contributed by atoms with Crippen molar-refractivity contribution in [3.8, 4) is 16.9 Å². The first-order chi connectivity index (χ1) is 10.6. The second kappa shape index (κ2) is 6.39. The molecular weight excluding hydrogens is 317 g/mol. The summed E-state index contributed by atoms with van der Waals surface area (Å²) in [5, 5.41) is 1.23. The second-order valence-electron chi connectivity index (χ2n) is 6.50. The lowest BCUT2D eigenvalue weighted by Gasteiger charge is -2.28. The summed E-state index contributed by atoms with van der Waals surface area (Å²) in [5.74, 6) is -0.166. The minimum Gasteiger partial charge on any atom is -0.405 e. The monoisotopic (exact) mass is 338 g/mol. The SMILES string of the molecule is CC(C)[Si](C)(C)c1cccc(-c2ccccc2OC(F)(F)F)c1. The molecule has 0 saturated carbocycles. The third kappa shape index (κ3) is 4.16. The summed E-state index contributed by atoms with van der Waals surface area (Å²) >= 11 is 0. The quantitative estimate of drug-likeness (QED) is 0.662. The zero-order valence-corrected chi connectivity index (χ0v) is 14.7. The number of halogens is 3. The van der Waals surface area contributed by atoms with E-state index >= 15 is 0 Å². The highest BCUT2D eigenvalue weighted by Gasteiger charge is 2.32. The van der Waals surface area contributed by atoms with Gasteiger partial charge in [0.1, 0.15) is 5.75 Å². The van der Waals surface area contributed by atoms with Crippen molar-refractivity contribution in [3.05, 3.63) is 48.5 Å². The van der Waals surface area contributed by atoms with Gasteiger partial charge in [-0.05, 0) is 17.2 Å². The fourth-order valence-electron chi connectivity index (χ4n) is 2.34. The van der Waals surface area contributed by atoms with Crippen LogP contribution in [0.1, 0.15) is 13.8 Å². The number of hydrogen-bond donors (Lipinski definition) is 0. The van der Waals surface area contributed by atoms with Gasteiger partial charge >= 0.3 is 6.36 Å². The molecule has 0 fully saturated rings. The normalized spacial score (nSPS) is 12.5. The molecular formula is C18H21F3OSi. The topological polar surface area (TPSA) is 9.23 Å². The van der Waals surface area contributed by atoms with Crippen LogP contribution in [0.4, 0.5) is 13.2 Å². The zero-order chi connectivity index (χ0) is 17.3. The van der Waals surface area contributed by atoms with Gasteiger partial charge in [-0.1, -0.05) is 74.6 Å². The van der Waals surface area contributed by atoms with Crippen molar-refractivity contribution in [3.63, 3.8) is 0 Å². The predicted molar refractivity (Wildman–Crippen MR) is 90.8 cm³/mol. The van der Waals surface area contributed by atoms with Gasteiger partial charge in [0, 0.05) is 5.56 Å². The Hall–Kier alpha value is -1.75. The first kappa shape index (κ1) is 17.6. The van der Waals surface area contributed by atoms with Crippen LogP contribution in [0.2, 0.25) is 18.6 Å². The Kier molecular flexibility index (Phi) is 4.89. The predicted octanol–water partition coefficient (Wildman–Crippen LogP) is 5.58. The van der Waals surface area contributed by atoms with E-state index in [4.69, 9.17) is 0 Å². The molecule has 0 unspecified atom stereocenters. The molecule has 0 amide bonds. The van der Waals surface area contributed by atoms with Gasteiger partial charge in [0.2, 0.25) is 0 Å². The van der Waals surface area contributed by atoms with Gasteiger partial charge in [-0.15, -0.1) is 13.2 Å². The summed E-state index contributed by atoms with van der Waals surface area (Å²) in [6.07, 6.45) is -4.69. The van der Waals surface area contributed by atoms with Crippen molar-refractivity contribution in [1.82, 2.24) is 0 Å². The fraction of sp³-hybridized carbons (Fsp3) is 0.333. The summed E-state index contributed by atoms with van der Waals surface area (Å²) in [5.41, 5.74) is 1.75. The van der Waals surface area contributed by atoms with Gasteiger partial charge in [-0.2, -0.15) is 0 Å². The highest BCUT2D eigenvalue weighted by atomic mass is 28.3. The van der Waals surface area contributed by atoms with Gasteiger partial charge in [0.05, 0.1) is 8.07 Å². The van der Waals surface area contributed by atoms with Crippen molar-refractivity contribution >= 4 is 13.3 Å². The molecule has 5 heteroatoms. The lowest BCUT2D eigenvalue weighted by molar-refractivity contribution is -0.274. The first-order valence-corrected chi connectivity index (χ1v) is 10.6. The van der Waals surface area contributed by atoms with Gasteiger partial charge in [0.15, 0.2) is 0 Å². The molecule has 2 aromatic carbocycles. The summed E-state index contributed by atoms with van der Waals surface area (Å²) in [6.45, 7) is 8.93. The smallest absolute Gasteiger partial charge is 0.405 e. The van der Waals surface area contributed by atoms with Gasteiger partial charge in [-0.3, -0.25) is 0 Å². The van der Waals surface area contributed by atoms with Crippen LogP contribution < -0.4 is 9.92 Å². The van der Waals surface area contributed by atoms with E-state index in [2.05, 4.69) is 37.7 Å². The van der Waals surface area contributed by atoms with Gasteiger partial charge in [-0.25, -0.2) is 0 Å². The molecule has 0 spiro atoms. The highest BCUT2D eigenvalue weighted by Crippen LogP contribution is 2.33. The van der Waals surface area contributed by atoms with Crippen LogP contribution in [-0.4, -0.2) is 14.4 Å². The highest BCUT2D eigenvalue weighted by molar-refractivity contribution is 6.90. The van der Waals surface area contributed by atoms with E-state index in [0.717, 1.165) is 5.56 Å². The fourth-order valence-corrected chi connectivity index (χ4v) is 4.06. The lowest BCUT2D eigenvalue weighted by Crippen LogP contribution is -2.44. The molecule has 2 aromatic rings. The Morgan fingerprint density at radius 1 is 0.957 bits per heavy atom. The summed E-state index contributed by atoms with van der Waals surface area (Å²) in [7, 11) is -1.65. The molecule has 124 valence electrons. The molecule has 0 bridgehead atoms. The molecule has 0 saturated heterocycles. The molecule has 0 heterocycles. The first-order valence-electron chi connectivity index (χ1n) is 7.57. The van der Waals surface area contributed by atoms with Crippen LogP contribution in [0, 0.1) is 0 Å². The lowest BCUT2D eigenvalue weighted by atomic mass is 10.0. The van der Waals surface area contributed by atoms with Crippen molar-refractivity contribution in [2.75, 3.05) is 0 Å². The number of ether oxygens (including phenoxy) is 1. The Bertz CT molecular complexity index is 678. The molecule has 0 atom stereocenters. The molecule has 23 heavy (non-hydrogen) atoms. The van der Waals surface area contributed by atoms with E-state index in [9.17, 15) is 13.2 Å². The summed E-state index contributed by atoms with van der Waals surface area (Å²) < 4.78 is 42.0. The van der Waals surface area contributed by atoms with Crippen molar-refractivity contribution in [1.29, 1.82) is 0 Å². The summed E-state index contributed by atoms with van der Waals surface area (Å²) in [6, 6.07) is 14.1. The van der Waals surface area contributed by atoms with E-state index in [1.165, 1.54) is 11.3 Å². The largest absolute Gasteiger partial charge is 0.573 e.